The molecule has 0 amide bonds. The highest BCUT2D eigenvalue weighted by Crippen LogP contribution is 2.31. The monoisotopic (exact) mass is 422 g/mol. The molecule has 0 rings (SSSR count). The zero-order chi connectivity index (χ0) is 22.3. The second-order valence-corrected chi connectivity index (χ2v) is 10.6. The molecule has 0 radical (unpaired) electrons. The first-order valence-corrected chi connectivity index (χ1v) is 13.8. The zero-order valence-corrected chi connectivity index (χ0v) is 21.5. The SMILES string of the molecule is CCCCC/C=C\CCC(CCCCCCCCCCCCCC)CC(C)(C)CO. The van der Waals surface area contributed by atoms with E-state index >= 15 is 0 Å². The largest absolute Gasteiger partial charge is 0.396 e. The summed E-state index contributed by atoms with van der Waals surface area (Å²) >= 11 is 0. The first kappa shape index (κ1) is 29.7. The molecular weight excluding hydrogens is 364 g/mol. The standard InChI is InChI=1S/C29H58O/c1-5-7-9-11-13-14-15-16-17-19-21-23-25-28(26-29(3,4)27-30)24-22-20-18-12-10-8-6-2/h18,20,28,30H,5-17,19,21-27H2,1-4H3/b20-18-. The van der Waals surface area contributed by atoms with E-state index in [4.69, 9.17) is 0 Å². The van der Waals surface area contributed by atoms with Crippen LogP contribution < -0.4 is 0 Å². The van der Waals surface area contributed by atoms with E-state index in [-0.39, 0.29) is 5.41 Å². The van der Waals surface area contributed by atoms with Gasteiger partial charge in [0.1, 0.15) is 0 Å². The molecule has 1 nitrogen and oxygen atoms in total. The van der Waals surface area contributed by atoms with Gasteiger partial charge in [0.2, 0.25) is 0 Å². The van der Waals surface area contributed by atoms with Crippen molar-refractivity contribution in [1.29, 1.82) is 0 Å². The predicted molar refractivity (Wildman–Crippen MR) is 137 cm³/mol. The van der Waals surface area contributed by atoms with Gasteiger partial charge in [-0.25, -0.2) is 0 Å². The Hall–Kier alpha value is -0.300. The van der Waals surface area contributed by atoms with Crippen molar-refractivity contribution >= 4 is 0 Å². The summed E-state index contributed by atoms with van der Waals surface area (Å²) in [7, 11) is 0. The van der Waals surface area contributed by atoms with Crippen molar-refractivity contribution in [2.24, 2.45) is 11.3 Å². The molecule has 1 atom stereocenters. The van der Waals surface area contributed by atoms with Gasteiger partial charge in [-0.05, 0) is 43.4 Å². The van der Waals surface area contributed by atoms with Crippen LogP contribution in [0.3, 0.4) is 0 Å². The van der Waals surface area contributed by atoms with Gasteiger partial charge >= 0.3 is 0 Å². The van der Waals surface area contributed by atoms with E-state index in [9.17, 15) is 5.11 Å². The molecule has 0 aliphatic heterocycles. The van der Waals surface area contributed by atoms with Crippen LogP contribution in [0.2, 0.25) is 0 Å². The van der Waals surface area contributed by atoms with Gasteiger partial charge in [-0.15, -0.1) is 0 Å². The summed E-state index contributed by atoms with van der Waals surface area (Å²) in [5.41, 5.74) is 0.0760. The van der Waals surface area contributed by atoms with E-state index in [1.165, 1.54) is 128 Å². The molecule has 0 fully saturated rings. The number of allylic oxidation sites excluding steroid dienone is 2. The molecule has 0 saturated heterocycles. The van der Waals surface area contributed by atoms with E-state index in [0.717, 1.165) is 5.92 Å². The summed E-state index contributed by atoms with van der Waals surface area (Å²) in [5, 5.41) is 9.69. The normalized spacial score (nSPS) is 13.4. The second kappa shape index (κ2) is 21.9. The Morgan fingerprint density at radius 1 is 0.600 bits per heavy atom. The number of rotatable bonds is 23. The summed E-state index contributed by atoms with van der Waals surface area (Å²) in [6.07, 6.45) is 32.2. The van der Waals surface area contributed by atoms with Gasteiger partial charge in [-0.1, -0.05) is 136 Å². The predicted octanol–water partition coefficient (Wildman–Crippen LogP) is 10.0. The molecule has 0 bridgehead atoms. The second-order valence-electron chi connectivity index (χ2n) is 10.6. The number of hydrogen-bond acceptors (Lipinski definition) is 1. The Labute approximate surface area is 191 Å². The third-order valence-corrected chi connectivity index (χ3v) is 6.62. The van der Waals surface area contributed by atoms with Crippen molar-refractivity contribution in [1.82, 2.24) is 0 Å². The zero-order valence-electron chi connectivity index (χ0n) is 21.5. The minimum atomic E-state index is 0.0760. The fourth-order valence-corrected chi connectivity index (χ4v) is 4.55. The molecule has 0 saturated carbocycles. The van der Waals surface area contributed by atoms with Crippen molar-refractivity contribution in [2.45, 2.75) is 156 Å². The lowest BCUT2D eigenvalue weighted by Gasteiger charge is -2.28. The van der Waals surface area contributed by atoms with Gasteiger partial charge in [-0.3, -0.25) is 0 Å². The maximum atomic E-state index is 9.69. The molecule has 0 heterocycles. The van der Waals surface area contributed by atoms with Crippen LogP contribution in [0.1, 0.15) is 156 Å². The number of aliphatic hydroxyl groups is 1. The minimum absolute atomic E-state index is 0.0760. The van der Waals surface area contributed by atoms with Crippen molar-refractivity contribution in [2.75, 3.05) is 6.61 Å². The lowest BCUT2D eigenvalue weighted by Crippen LogP contribution is -2.21. The molecule has 0 aromatic rings. The van der Waals surface area contributed by atoms with Gasteiger partial charge in [0, 0.05) is 6.61 Å². The van der Waals surface area contributed by atoms with Gasteiger partial charge < -0.3 is 5.11 Å². The van der Waals surface area contributed by atoms with Crippen LogP contribution >= 0.6 is 0 Å². The lowest BCUT2D eigenvalue weighted by molar-refractivity contribution is 0.124. The Bertz CT molecular complexity index is 357. The summed E-state index contributed by atoms with van der Waals surface area (Å²) in [6, 6.07) is 0. The van der Waals surface area contributed by atoms with Crippen molar-refractivity contribution < 1.29 is 5.11 Å². The molecule has 30 heavy (non-hydrogen) atoms. The van der Waals surface area contributed by atoms with Crippen LogP contribution in [0.4, 0.5) is 0 Å². The molecule has 0 aliphatic rings. The van der Waals surface area contributed by atoms with Gasteiger partial charge in [0.05, 0.1) is 0 Å². The van der Waals surface area contributed by atoms with Gasteiger partial charge in [0.15, 0.2) is 0 Å². The van der Waals surface area contributed by atoms with Crippen LogP contribution in [0, 0.1) is 11.3 Å². The fourth-order valence-electron chi connectivity index (χ4n) is 4.55. The fraction of sp³-hybridized carbons (Fsp3) is 0.931. The topological polar surface area (TPSA) is 20.2 Å². The minimum Gasteiger partial charge on any atom is -0.396 e. The highest BCUT2D eigenvalue weighted by atomic mass is 16.3. The van der Waals surface area contributed by atoms with Crippen LogP contribution in [0.25, 0.3) is 0 Å². The Morgan fingerprint density at radius 3 is 1.60 bits per heavy atom. The molecule has 180 valence electrons. The van der Waals surface area contributed by atoms with Gasteiger partial charge in [0.25, 0.3) is 0 Å². The summed E-state index contributed by atoms with van der Waals surface area (Å²) in [6.45, 7) is 9.33. The molecule has 1 unspecified atom stereocenters. The number of aliphatic hydroxyl groups excluding tert-OH is 1. The summed E-state index contributed by atoms with van der Waals surface area (Å²) < 4.78 is 0. The quantitative estimate of drug-likeness (QED) is 0.128. The highest BCUT2D eigenvalue weighted by Gasteiger charge is 2.22. The highest BCUT2D eigenvalue weighted by molar-refractivity contribution is 4.83. The molecule has 0 aromatic carbocycles. The van der Waals surface area contributed by atoms with Crippen molar-refractivity contribution in [3.05, 3.63) is 12.2 Å². The third kappa shape index (κ3) is 21.0. The molecule has 1 heteroatoms. The molecule has 0 spiro atoms. The maximum Gasteiger partial charge on any atom is 0.0482 e. The van der Waals surface area contributed by atoms with E-state index in [2.05, 4.69) is 39.8 Å². The smallest absolute Gasteiger partial charge is 0.0482 e. The van der Waals surface area contributed by atoms with E-state index in [0.29, 0.717) is 6.61 Å². The Morgan fingerprint density at radius 2 is 1.07 bits per heavy atom. The summed E-state index contributed by atoms with van der Waals surface area (Å²) in [4.78, 5) is 0. The van der Waals surface area contributed by atoms with E-state index in [1.807, 2.05) is 0 Å². The van der Waals surface area contributed by atoms with Crippen molar-refractivity contribution in [3.63, 3.8) is 0 Å². The Kier molecular flexibility index (Phi) is 21.7. The molecular formula is C29H58O. The van der Waals surface area contributed by atoms with Crippen LogP contribution in [0.15, 0.2) is 12.2 Å². The van der Waals surface area contributed by atoms with Crippen LogP contribution in [0.5, 0.6) is 0 Å². The number of unbranched alkanes of at least 4 members (excludes halogenated alkanes) is 14. The lowest BCUT2D eigenvalue weighted by atomic mass is 9.79. The maximum absolute atomic E-state index is 9.69. The summed E-state index contributed by atoms with van der Waals surface area (Å²) in [5.74, 6) is 0.774. The molecule has 0 aliphatic carbocycles. The average Bonchev–Trinajstić information content (AvgIpc) is 2.73. The average molecular weight is 423 g/mol. The first-order valence-electron chi connectivity index (χ1n) is 13.8. The first-order chi connectivity index (χ1) is 14.6. The molecule has 1 N–H and O–H groups in total. The molecule has 0 aromatic heterocycles. The van der Waals surface area contributed by atoms with E-state index < -0.39 is 0 Å². The van der Waals surface area contributed by atoms with Crippen LogP contribution in [-0.4, -0.2) is 11.7 Å². The Balaban J connectivity index is 3.85. The van der Waals surface area contributed by atoms with Crippen LogP contribution in [-0.2, 0) is 0 Å². The third-order valence-electron chi connectivity index (χ3n) is 6.62. The van der Waals surface area contributed by atoms with Crippen molar-refractivity contribution in [3.8, 4) is 0 Å². The number of hydrogen-bond donors (Lipinski definition) is 1. The van der Waals surface area contributed by atoms with E-state index in [1.54, 1.807) is 0 Å². The van der Waals surface area contributed by atoms with Gasteiger partial charge in [-0.2, -0.15) is 0 Å².